The van der Waals surface area contributed by atoms with Crippen LogP contribution in [0.2, 0.25) is 0 Å². The first-order valence-corrected chi connectivity index (χ1v) is 12.7. The first-order valence-electron chi connectivity index (χ1n) is 11.3. The number of fused-ring (bicyclic) bond motifs is 2. The number of hydrogen-bond donors (Lipinski definition) is 1. The van der Waals surface area contributed by atoms with Gasteiger partial charge in [-0.05, 0) is 24.5 Å². The largest absolute Gasteiger partial charge is 0.494 e. The Morgan fingerprint density at radius 1 is 1.03 bits per heavy atom. The highest BCUT2D eigenvalue weighted by Gasteiger charge is 2.55. The second-order valence-corrected chi connectivity index (χ2v) is 10.3. The van der Waals surface area contributed by atoms with E-state index in [0.717, 1.165) is 11.0 Å². The van der Waals surface area contributed by atoms with Crippen molar-refractivity contribution in [3.8, 4) is 0 Å². The first kappa shape index (κ1) is 23.1. The molecule has 1 unspecified atom stereocenters. The van der Waals surface area contributed by atoms with E-state index in [9.17, 15) is 8.42 Å². The van der Waals surface area contributed by atoms with Crippen molar-refractivity contribution in [1.29, 1.82) is 0 Å². The number of imidazole rings is 1. The third kappa shape index (κ3) is 4.04. The molecule has 2 aliphatic rings. The van der Waals surface area contributed by atoms with Crippen LogP contribution in [0, 0.1) is 6.92 Å². The molecule has 4 aromatic rings. The van der Waals surface area contributed by atoms with Crippen molar-refractivity contribution in [3.63, 3.8) is 0 Å². The molecule has 2 aliphatic heterocycles. The molecular formula is C23H22BN5O6S. The number of nitrogens with zero attached hydrogens (tertiary/aromatic N) is 4. The summed E-state index contributed by atoms with van der Waals surface area (Å²) in [6, 6.07) is 15.9. The average Bonchev–Trinajstić information content (AvgIpc) is 3.58. The number of rotatable bonds is 6. The van der Waals surface area contributed by atoms with Gasteiger partial charge in [-0.2, -0.15) is 8.42 Å². The van der Waals surface area contributed by atoms with Gasteiger partial charge in [0, 0.05) is 0 Å². The van der Waals surface area contributed by atoms with Crippen LogP contribution in [0.25, 0.3) is 11.2 Å². The molecule has 0 aliphatic carbocycles. The van der Waals surface area contributed by atoms with Crippen LogP contribution in [0.3, 0.4) is 0 Å². The van der Waals surface area contributed by atoms with Crippen LogP contribution in [0.5, 0.6) is 0 Å². The lowest BCUT2D eigenvalue weighted by molar-refractivity contribution is -0.0525. The monoisotopic (exact) mass is 507 g/mol. The normalized spacial score (nSPS) is 23.9. The molecule has 11 nitrogen and oxygen atoms in total. The van der Waals surface area contributed by atoms with Crippen LogP contribution < -0.4 is 11.2 Å². The Balaban J connectivity index is 1.29. The van der Waals surface area contributed by atoms with Crippen LogP contribution >= 0.6 is 0 Å². The van der Waals surface area contributed by atoms with Gasteiger partial charge in [-0.25, -0.2) is 15.0 Å². The minimum absolute atomic E-state index is 0.0673. The summed E-state index contributed by atoms with van der Waals surface area (Å²) in [6.45, 7) is 1.62. The fraction of sp³-hybridized carbons (Fsp3) is 0.261. The molecule has 2 saturated heterocycles. The van der Waals surface area contributed by atoms with Crippen LogP contribution in [0.15, 0.2) is 72.1 Å². The standard InChI is InChI=1S/C23H22BN5O6S/c1-14-7-9-16(10-8-14)36(30,31)32-11-17-19-20(35-24(34-19)15-5-3-2-4-6-15)23(33-17)29-13-28-18-21(25)26-12-27-22(18)29/h2-10,12-13,17,19-20,23H,11H2,1H3,(H2,25,26,27)/t17-,19?,20+,23-/m1/s1. The Bertz CT molecular complexity index is 1500. The summed E-state index contributed by atoms with van der Waals surface area (Å²) in [7, 11) is -4.66. The summed E-state index contributed by atoms with van der Waals surface area (Å²) in [5.41, 5.74) is 8.62. The van der Waals surface area contributed by atoms with Crippen LogP contribution in [-0.4, -0.2) is 60.0 Å². The van der Waals surface area contributed by atoms with Crippen molar-refractivity contribution < 1.29 is 26.6 Å². The third-order valence-corrected chi connectivity index (χ3v) is 7.57. The van der Waals surface area contributed by atoms with Crippen molar-refractivity contribution in [2.24, 2.45) is 0 Å². The quantitative estimate of drug-likeness (QED) is 0.299. The number of hydrogen-bond acceptors (Lipinski definition) is 10. The highest BCUT2D eigenvalue weighted by atomic mass is 32.2. The number of nitrogens with two attached hydrogens (primary N) is 1. The zero-order chi connectivity index (χ0) is 24.9. The van der Waals surface area contributed by atoms with Gasteiger partial charge in [-0.1, -0.05) is 48.0 Å². The van der Waals surface area contributed by atoms with Crippen molar-refractivity contribution in [1.82, 2.24) is 19.5 Å². The zero-order valence-corrected chi connectivity index (χ0v) is 20.0. The average molecular weight is 507 g/mol. The predicted octanol–water partition coefficient (Wildman–Crippen LogP) is 1.20. The minimum atomic E-state index is -4.00. The molecule has 6 rings (SSSR count). The molecule has 13 heteroatoms. The molecule has 4 atom stereocenters. The molecule has 0 amide bonds. The van der Waals surface area contributed by atoms with Crippen molar-refractivity contribution in [2.75, 3.05) is 12.3 Å². The zero-order valence-electron chi connectivity index (χ0n) is 19.2. The van der Waals surface area contributed by atoms with Crippen molar-refractivity contribution >= 4 is 39.7 Å². The third-order valence-electron chi connectivity index (χ3n) is 6.28. The second-order valence-electron chi connectivity index (χ2n) is 8.64. The summed E-state index contributed by atoms with van der Waals surface area (Å²) in [4.78, 5) is 12.7. The summed E-state index contributed by atoms with van der Waals surface area (Å²) in [5, 5.41) is 0. The molecular weight excluding hydrogens is 485 g/mol. The van der Waals surface area contributed by atoms with Crippen LogP contribution in [-0.2, 0) is 28.3 Å². The van der Waals surface area contributed by atoms with E-state index >= 15 is 0 Å². The Morgan fingerprint density at radius 3 is 2.56 bits per heavy atom. The molecule has 0 bridgehead atoms. The van der Waals surface area contributed by atoms with Gasteiger partial charge in [0.15, 0.2) is 17.7 Å². The summed E-state index contributed by atoms with van der Waals surface area (Å²) in [6.07, 6.45) is 0.243. The Morgan fingerprint density at radius 2 is 1.78 bits per heavy atom. The molecule has 2 aromatic carbocycles. The molecule has 0 saturated carbocycles. The predicted molar refractivity (Wildman–Crippen MR) is 130 cm³/mol. The molecule has 184 valence electrons. The van der Waals surface area contributed by atoms with Gasteiger partial charge in [-0.15, -0.1) is 0 Å². The highest BCUT2D eigenvalue weighted by Crippen LogP contribution is 2.40. The Hall–Kier alpha value is -3.36. The van der Waals surface area contributed by atoms with E-state index in [1.807, 2.05) is 37.3 Å². The van der Waals surface area contributed by atoms with Gasteiger partial charge >= 0.3 is 7.12 Å². The fourth-order valence-corrected chi connectivity index (χ4v) is 5.36. The van der Waals surface area contributed by atoms with E-state index in [1.54, 1.807) is 23.0 Å². The van der Waals surface area contributed by atoms with Gasteiger partial charge in [0.05, 0.1) is 17.8 Å². The van der Waals surface area contributed by atoms with E-state index in [-0.39, 0.29) is 17.3 Å². The van der Waals surface area contributed by atoms with Gasteiger partial charge in [-0.3, -0.25) is 8.75 Å². The van der Waals surface area contributed by atoms with E-state index in [4.69, 9.17) is 24.0 Å². The lowest BCUT2D eigenvalue weighted by Crippen LogP contribution is -2.37. The van der Waals surface area contributed by atoms with Crippen LogP contribution in [0.1, 0.15) is 11.8 Å². The van der Waals surface area contributed by atoms with Gasteiger partial charge in [0.1, 0.15) is 30.2 Å². The molecule has 2 fully saturated rings. The number of nitrogen functional groups attached to an aromatic ring is 1. The van der Waals surface area contributed by atoms with Gasteiger partial charge < -0.3 is 19.8 Å². The first-order chi connectivity index (χ1) is 17.4. The second kappa shape index (κ2) is 8.94. The van der Waals surface area contributed by atoms with Crippen molar-refractivity contribution in [3.05, 3.63) is 72.8 Å². The highest BCUT2D eigenvalue weighted by molar-refractivity contribution is 7.86. The maximum Gasteiger partial charge on any atom is 0.494 e. The fourth-order valence-electron chi connectivity index (χ4n) is 4.45. The lowest BCUT2D eigenvalue weighted by atomic mass is 9.79. The Labute approximate surface area is 207 Å². The SMILES string of the molecule is Cc1ccc(S(=O)(=O)OC[C@H]2O[C@@H](n3cnc4c(N)ncnc43)[C@H]3OB(c4ccccc4)OC23)cc1. The minimum Gasteiger partial charge on any atom is -0.399 e. The van der Waals surface area contributed by atoms with Crippen molar-refractivity contribution in [2.45, 2.75) is 36.4 Å². The molecule has 2 aromatic heterocycles. The maximum absolute atomic E-state index is 12.8. The van der Waals surface area contributed by atoms with E-state index in [2.05, 4.69) is 15.0 Å². The summed E-state index contributed by atoms with van der Waals surface area (Å²) in [5.74, 6) is 0.239. The number of anilines is 1. The van der Waals surface area contributed by atoms with Crippen LogP contribution in [0.4, 0.5) is 5.82 Å². The van der Waals surface area contributed by atoms with E-state index in [0.29, 0.717) is 11.2 Å². The molecule has 0 spiro atoms. The molecule has 2 N–H and O–H groups in total. The topological polar surface area (TPSA) is 141 Å². The number of aromatic nitrogens is 4. The van der Waals surface area contributed by atoms with E-state index < -0.39 is 41.8 Å². The lowest BCUT2D eigenvalue weighted by Gasteiger charge is -2.20. The number of aryl methyl sites for hydroxylation is 1. The van der Waals surface area contributed by atoms with Gasteiger partial charge in [0.25, 0.3) is 10.1 Å². The number of ether oxygens (including phenoxy) is 1. The Kier molecular flexibility index (Phi) is 5.73. The molecule has 4 heterocycles. The summed E-state index contributed by atoms with van der Waals surface area (Å²) >= 11 is 0. The smallest absolute Gasteiger partial charge is 0.399 e. The number of benzene rings is 2. The molecule has 36 heavy (non-hydrogen) atoms. The maximum atomic E-state index is 12.8. The molecule has 0 radical (unpaired) electrons. The summed E-state index contributed by atoms with van der Waals surface area (Å²) < 4.78 is 51.4. The van der Waals surface area contributed by atoms with E-state index in [1.165, 1.54) is 18.5 Å². The van der Waals surface area contributed by atoms with Gasteiger partial charge in [0.2, 0.25) is 0 Å².